The molecule has 0 spiro atoms. The van der Waals surface area contributed by atoms with Crippen molar-refractivity contribution >= 4 is 50.8 Å². The molecule has 4 aliphatic carbocycles. The van der Waals surface area contributed by atoms with E-state index in [-0.39, 0.29) is 43.3 Å². The molecule has 1 aromatic carbocycles. The summed E-state index contributed by atoms with van der Waals surface area (Å²) in [5, 5.41) is 6.06. The van der Waals surface area contributed by atoms with Gasteiger partial charge in [-0.15, -0.1) is 6.58 Å². The first-order chi connectivity index (χ1) is 28.3. The van der Waals surface area contributed by atoms with Gasteiger partial charge in [-0.05, 0) is 76.2 Å². The van der Waals surface area contributed by atoms with Crippen LogP contribution < -0.4 is 29.6 Å². The van der Waals surface area contributed by atoms with Crippen LogP contribution in [0.3, 0.4) is 0 Å². The van der Waals surface area contributed by atoms with Crippen molar-refractivity contribution in [2.24, 2.45) is 17.8 Å². The maximum Gasteiger partial charge on any atom is 0.318 e. The quantitative estimate of drug-likeness (QED) is 0.289. The molecule has 5 amide bonds. The number of fused-ring (bicyclic) bond motifs is 4. The third-order valence-electron chi connectivity index (χ3n) is 13.4. The number of rotatable bonds is 10. The van der Waals surface area contributed by atoms with Gasteiger partial charge in [0.25, 0.3) is 5.91 Å². The number of carbonyl (C=O) groups excluding carboxylic acids is 4. The number of nitrogens with zero attached hydrogens (tertiary/aromatic N) is 3. The van der Waals surface area contributed by atoms with Crippen molar-refractivity contribution in [3.63, 3.8) is 0 Å². The summed E-state index contributed by atoms with van der Waals surface area (Å²) < 4.78 is 46.3. The Morgan fingerprint density at radius 1 is 1.08 bits per heavy atom. The highest BCUT2D eigenvalue weighted by molar-refractivity contribution is 7.91. The fourth-order valence-corrected chi connectivity index (χ4v) is 11.2. The molecule has 7 atom stereocenters. The van der Waals surface area contributed by atoms with E-state index in [4.69, 9.17) is 19.2 Å². The Morgan fingerprint density at radius 2 is 1.85 bits per heavy atom. The van der Waals surface area contributed by atoms with E-state index in [1.54, 1.807) is 25.1 Å². The summed E-state index contributed by atoms with van der Waals surface area (Å²) in [4.78, 5) is 65.5. The minimum Gasteiger partial charge on any atom is -0.496 e. The molecule has 16 heteroatoms. The third-order valence-corrected chi connectivity index (χ3v) is 15.2. The molecular formula is C43H56N6O9S. The summed E-state index contributed by atoms with van der Waals surface area (Å²) >= 11 is 0. The minimum absolute atomic E-state index is 0.00733. The molecule has 0 unspecified atom stereocenters. The predicted molar refractivity (Wildman–Crippen MR) is 220 cm³/mol. The van der Waals surface area contributed by atoms with Crippen LogP contribution in [0.1, 0.15) is 89.5 Å². The lowest BCUT2D eigenvalue weighted by Gasteiger charge is -2.35. The van der Waals surface area contributed by atoms with Gasteiger partial charge < -0.3 is 34.6 Å². The molecule has 0 radical (unpaired) electrons. The first kappa shape index (κ1) is 40.9. The highest BCUT2D eigenvalue weighted by Gasteiger charge is 2.62. The number of nitrogens with one attached hydrogen (secondary N) is 3. The van der Waals surface area contributed by atoms with E-state index >= 15 is 4.79 Å². The second kappa shape index (κ2) is 16.3. The monoisotopic (exact) mass is 832 g/mol. The molecule has 59 heavy (non-hydrogen) atoms. The van der Waals surface area contributed by atoms with E-state index in [2.05, 4.69) is 28.0 Å². The van der Waals surface area contributed by atoms with Crippen molar-refractivity contribution < 1.29 is 41.8 Å². The second-order valence-corrected chi connectivity index (χ2v) is 19.1. The Labute approximate surface area is 345 Å². The van der Waals surface area contributed by atoms with Gasteiger partial charge in [0.15, 0.2) is 0 Å². The van der Waals surface area contributed by atoms with Crippen LogP contribution in [0.2, 0.25) is 0 Å². The maximum absolute atomic E-state index is 15.1. The molecule has 3 heterocycles. The Hall–Kier alpha value is -4.86. The fraction of sp³-hybridized carbons (Fsp3) is 0.605. The lowest BCUT2D eigenvalue weighted by Crippen LogP contribution is -2.60. The molecule has 318 valence electrons. The van der Waals surface area contributed by atoms with Crippen LogP contribution in [0.5, 0.6) is 17.4 Å². The Morgan fingerprint density at radius 3 is 2.54 bits per heavy atom. The molecular weight excluding hydrogens is 777 g/mol. The highest BCUT2D eigenvalue weighted by atomic mass is 32.2. The van der Waals surface area contributed by atoms with Crippen molar-refractivity contribution in [2.45, 2.75) is 119 Å². The summed E-state index contributed by atoms with van der Waals surface area (Å²) in [5.41, 5.74) is -0.155. The molecule has 4 saturated carbocycles. The molecule has 3 N–H and O–H groups in total. The largest absolute Gasteiger partial charge is 0.496 e. The summed E-state index contributed by atoms with van der Waals surface area (Å²) in [6, 6.07) is 3.13. The number of carbonyl (C=O) groups is 4. The molecule has 2 aliphatic heterocycles. The van der Waals surface area contributed by atoms with Crippen molar-refractivity contribution in [1.29, 1.82) is 0 Å². The number of aromatic nitrogens is 1. The minimum atomic E-state index is -3.91. The van der Waals surface area contributed by atoms with E-state index in [0.29, 0.717) is 47.7 Å². The zero-order chi connectivity index (χ0) is 41.6. The number of benzene rings is 1. The van der Waals surface area contributed by atoms with Gasteiger partial charge in [0.1, 0.15) is 35.2 Å². The lowest BCUT2D eigenvalue weighted by molar-refractivity contribution is -0.142. The van der Waals surface area contributed by atoms with Gasteiger partial charge >= 0.3 is 6.03 Å². The van der Waals surface area contributed by atoms with Gasteiger partial charge in [-0.1, -0.05) is 37.5 Å². The van der Waals surface area contributed by atoms with Gasteiger partial charge in [-0.2, -0.15) is 0 Å². The summed E-state index contributed by atoms with van der Waals surface area (Å²) in [5.74, 6) is -0.881. The van der Waals surface area contributed by atoms with Crippen molar-refractivity contribution in [3.8, 4) is 17.4 Å². The van der Waals surface area contributed by atoms with Crippen LogP contribution in [0.15, 0.2) is 36.9 Å². The predicted octanol–water partition coefficient (Wildman–Crippen LogP) is 4.45. The van der Waals surface area contributed by atoms with Gasteiger partial charge in [0, 0.05) is 48.5 Å². The fourth-order valence-electron chi connectivity index (χ4n) is 9.82. The van der Waals surface area contributed by atoms with E-state index in [1.807, 2.05) is 25.1 Å². The Bertz CT molecular complexity index is 2150. The number of urea groups is 1. The topological polar surface area (TPSA) is 186 Å². The van der Waals surface area contributed by atoms with Crippen LogP contribution >= 0.6 is 0 Å². The zero-order valence-electron chi connectivity index (χ0n) is 34.1. The summed E-state index contributed by atoms with van der Waals surface area (Å²) in [6.07, 6.45) is 13.0. The van der Waals surface area contributed by atoms with E-state index in [0.717, 1.165) is 56.9 Å². The van der Waals surface area contributed by atoms with E-state index < -0.39 is 62.6 Å². The SMILES string of the molecule is C=C[C@@H]1C[C@]1(NC(=O)[C@@H]1C[C@@H]2CN1C(=O)[C@H](C1CCCC1)NC(=O)N(C)[C@@H]1CCC[C@H]1C/C=C/c1cc3c(cc(OCC)nc3cc1OC)O2)C(=O)NS(=O)(=O)C1CC1. The molecule has 5 fully saturated rings. The zero-order valence-corrected chi connectivity index (χ0v) is 34.9. The molecule has 8 rings (SSSR count). The molecule has 4 bridgehead atoms. The molecule has 1 saturated heterocycles. The summed E-state index contributed by atoms with van der Waals surface area (Å²) in [6.45, 7) is 6.05. The first-order valence-corrected chi connectivity index (χ1v) is 22.7. The molecule has 2 aromatic rings. The molecule has 6 aliphatic rings. The molecule has 15 nitrogen and oxygen atoms in total. The smallest absolute Gasteiger partial charge is 0.318 e. The first-order valence-electron chi connectivity index (χ1n) is 21.2. The standard InChI is InChI=1S/C43H56N6O9S/c1-5-28-23-43(28,41(52)47-59(54,55)30-17-18-30)46-39(50)34-20-29-24-49(34)40(51)38(26-11-7-8-12-26)45-42(53)48(3)33-16-10-14-25(33)13-9-15-27-19-31-32(21-35(27)56-4)44-37(57-6-2)22-36(31)58-29/h5,9,15,19,21-22,25-26,28-30,33-34,38H,1,6-8,10-14,16-18,20,23-24H2,2-4H3,(H,45,53)(H,46,50)(H,47,52)/b15-9+/t25-,28-,29-,33-,34+,38+,43-/m1/s1. The van der Waals surface area contributed by atoms with Gasteiger partial charge in [0.05, 0.1) is 31.0 Å². The third kappa shape index (κ3) is 8.08. The van der Waals surface area contributed by atoms with Gasteiger partial charge in [-0.25, -0.2) is 18.2 Å². The number of hydrogen-bond donors (Lipinski definition) is 3. The van der Waals surface area contributed by atoms with Crippen LogP contribution in [-0.2, 0) is 24.4 Å². The van der Waals surface area contributed by atoms with Crippen molar-refractivity contribution in [2.75, 3.05) is 27.3 Å². The number of sulfonamides is 1. The van der Waals surface area contributed by atoms with Crippen LogP contribution in [0, 0.1) is 17.8 Å². The highest BCUT2D eigenvalue weighted by Crippen LogP contribution is 2.46. The number of hydrogen-bond acceptors (Lipinski definition) is 10. The maximum atomic E-state index is 15.1. The van der Waals surface area contributed by atoms with Crippen molar-refractivity contribution in [3.05, 3.63) is 42.5 Å². The van der Waals surface area contributed by atoms with Crippen LogP contribution in [0.25, 0.3) is 17.0 Å². The normalized spacial score (nSPS) is 30.5. The number of amides is 5. The van der Waals surface area contributed by atoms with Gasteiger partial charge in [0.2, 0.25) is 27.7 Å². The number of methoxy groups -OCH3 is 1. The Balaban J connectivity index is 1.18. The van der Waals surface area contributed by atoms with Crippen LogP contribution in [-0.4, -0.2) is 109 Å². The van der Waals surface area contributed by atoms with Gasteiger partial charge in [-0.3, -0.25) is 19.1 Å². The number of allylic oxidation sites excluding steroid dienone is 1. The lowest BCUT2D eigenvalue weighted by atomic mass is 9.95. The second-order valence-electron chi connectivity index (χ2n) is 17.1. The average Bonchev–Trinajstić information content (AvgIpc) is 3.99. The van der Waals surface area contributed by atoms with Crippen LogP contribution in [0.4, 0.5) is 4.79 Å². The van der Waals surface area contributed by atoms with Crippen molar-refractivity contribution in [1.82, 2.24) is 30.1 Å². The number of pyridine rings is 1. The summed E-state index contributed by atoms with van der Waals surface area (Å²) in [7, 11) is -0.505. The number of ether oxygens (including phenoxy) is 3. The van der Waals surface area contributed by atoms with E-state index in [1.165, 1.54) is 11.0 Å². The Kier molecular flexibility index (Phi) is 11.3. The van der Waals surface area contributed by atoms with E-state index in [9.17, 15) is 22.8 Å². The molecule has 1 aromatic heterocycles. The average molecular weight is 833 g/mol.